The molecule has 4 rings (SSSR count). The highest BCUT2D eigenvalue weighted by Crippen LogP contribution is 2.22. The smallest absolute Gasteiger partial charge is 0.243 e. The lowest BCUT2D eigenvalue weighted by atomic mass is 10.2. The van der Waals surface area contributed by atoms with Gasteiger partial charge < -0.3 is 14.7 Å². The summed E-state index contributed by atoms with van der Waals surface area (Å²) in [6, 6.07) is 10.1. The third-order valence-corrected chi connectivity index (χ3v) is 7.71. The van der Waals surface area contributed by atoms with E-state index in [2.05, 4.69) is 26.7 Å². The maximum atomic E-state index is 13.0. The molecule has 2 fully saturated rings. The first-order chi connectivity index (χ1) is 14.9. The van der Waals surface area contributed by atoms with Gasteiger partial charge in [0.2, 0.25) is 16.0 Å². The highest BCUT2D eigenvalue weighted by atomic mass is 32.2. The van der Waals surface area contributed by atoms with E-state index in [1.54, 1.807) is 0 Å². The van der Waals surface area contributed by atoms with E-state index in [0.717, 1.165) is 37.7 Å². The van der Waals surface area contributed by atoms with E-state index in [0.29, 0.717) is 37.7 Å². The molecule has 1 aromatic heterocycles. The van der Waals surface area contributed by atoms with Crippen LogP contribution in [0.1, 0.15) is 11.3 Å². The maximum absolute atomic E-state index is 13.0. The zero-order valence-corrected chi connectivity index (χ0v) is 18.7. The number of sulfonamides is 1. The molecule has 1 aromatic carbocycles. The number of hydrogen-bond acceptors (Lipinski definition) is 8. The minimum absolute atomic E-state index is 0.212. The van der Waals surface area contributed by atoms with E-state index < -0.39 is 10.0 Å². The van der Waals surface area contributed by atoms with Gasteiger partial charge in [-0.15, -0.1) is 0 Å². The Morgan fingerprint density at radius 3 is 2.13 bits per heavy atom. The summed E-state index contributed by atoms with van der Waals surface area (Å²) in [5.41, 5.74) is 1.35. The molecule has 0 atom stereocenters. The molecular formula is C21H27N7O2S. The quantitative estimate of drug-likeness (QED) is 0.691. The largest absolute Gasteiger partial charge is 0.354 e. The van der Waals surface area contributed by atoms with Crippen LogP contribution < -0.4 is 9.80 Å². The van der Waals surface area contributed by atoms with Crippen molar-refractivity contribution in [2.45, 2.75) is 11.8 Å². The minimum Gasteiger partial charge on any atom is -0.354 e. The van der Waals surface area contributed by atoms with Gasteiger partial charge in [0.1, 0.15) is 5.82 Å². The number of aryl methyl sites for hydroxylation is 1. The van der Waals surface area contributed by atoms with Crippen molar-refractivity contribution < 1.29 is 8.42 Å². The number of nitrogens with zero attached hydrogens (tertiary/aromatic N) is 7. The molecule has 3 heterocycles. The van der Waals surface area contributed by atoms with Crippen LogP contribution in [-0.2, 0) is 10.0 Å². The molecule has 0 aliphatic carbocycles. The summed E-state index contributed by atoms with van der Waals surface area (Å²) in [7, 11) is -1.46. The standard InChI is InChI=1S/C21H27N7O2S/c1-17-15-20(26-9-7-25(2)8-10-26)24-21(23-17)27-11-13-28(14-12-27)31(29,30)19-5-3-18(16-22)4-6-19/h3-6,15H,7-14H2,1-2H3. The molecule has 2 aliphatic heterocycles. The first-order valence-corrected chi connectivity index (χ1v) is 11.9. The van der Waals surface area contributed by atoms with E-state index >= 15 is 0 Å². The average molecular weight is 442 g/mol. The summed E-state index contributed by atoms with van der Waals surface area (Å²) in [5.74, 6) is 1.59. The Balaban J connectivity index is 1.45. The van der Waals surface area contributed by atoms with Crippen molar-refractivity contribution in [2.75, 3.05) is 69.2 Å². The zero-order chi connectivity index (χ0) is 22.0. The zero-order valence-electron chi connectivity index (χ0n) is 17.9. The van der Waals surface area contributed by atoms with Crippen molar-refractivity contribution >= 4 is 21.8 Å². The summed E-state index contributed by atoms with van der Waals surface area (Å²) >= 11 is 0. The summed E-state index contributed by atoms with van der Waals surface area (Å²) in [6.07, 6.45) is 0. The topological polar surface area (TPSA) is 96.7 Å². The van der Waals surface area contributed by atoms with Crippen LogP contribution in [0.3, 0.4) is 0 Å². The van der Waals surface area contributed by atoms with Crippen molar-refractivity contribution in [3.05, 3.63) is 41.6 Å². The summed E-state index contributed by atoms with van der Waals surface area (Å²) in [4.78, 5) is 16.3. The molecule has 2 saturated heterocycles. The second-order valence-electron chi connectivity index (χ2n) is 7.99. The Labute approximate surface area is 183 Å². The third-order valence-electron chi connectivity index (χ3n) is 5.80. The number of nitriles is 1. The van der Waals surface area contributed by atoms with Gasteiger partial charge in [-0.1, -0.05) is 0 Å². The number of benzene rings is 1. The minimum atomic E-state index is -3.59. The second-order valence-corrected chi connectivity index (χ2v) is 9.92. The molecule has 0 unspecified atom stereocenters. The van der Waals surface area contributed by atoms with Crippen molar-refractivity contribution in [1.29, 1.82) is 5.26 Å². The Hall–Kier alpha value is -2.74. The molecule has 0 bridgehead atoms. The van der Waals surface area contributed by atoms with Gasteiger partial charge in [0, 0.05) is 64.1 Å². The SMILES string of the molecule is Cc1cc(N2CCN(C)CC2)nc(N2CCN(S(=O)(=O)c3ccc(C#N)cc3)CC2)n1. The van der Waals surface area contributed by atoms with Crippen LogP contribution in [-0.4, -0.2) is 87.0 Å². The fourth-order valence-corrected chi connectivity index (χ4v) is 5.28. The lowest BCUT2D eigenvalue weighted by Gasteiger charge is -2.36. The number of anilines is 2. The fourth-order valence-electron chi connectivity index (χ4n) is 3.85. The third kappa shape index (κ3) is 4.63. The van der Waals surface area contributed by atoms with Gasteiger partial charge >= 0.3 is 0 Å². The fraction of sp³-hybridized carbons (Fsp3) is 0.476. The number of rotatable bonds is 4. The predicted octanol–water partition coefficient (Wildman–Crippen LogP) is 0.919. The molecule has 164 valence electrons. The lowest BCUT2D eigenvalue weighted by Crippen LogP contribution is -2.49. The molecule has 0 N–H and O–H groups in total. The molecule has 9 nitrogen and oxygen atoms in total. The Morgan fingerprint density at radius 1 is 0.903 bits per heavy atom. The van der Waals surface area contributed by atoms with E-state index in [-0.39, 0.29) is 4.90 Å². The van der Waals surface area contributed by atoms with Crippen molar-refractivity contribution in [1.82, 2.24) is 19.2 Å². The van der Waals surface area contributed by atoms with Crippen molar-refractivity contribution in [3.8, 4) is 6.07 Å². The van der Waals surface area contributed by atoms with Gasteiger partial charge in [0.15, 0.2) is 0 Å². The number of piperazine rings is 2. The Morgan fingerprint density at radius 2 is 1.52 bits per heavy atom. The van der Waals surface area contributed by atoms with E-state index in [4.69, 9.17) is 10.2 Å². The van der Waals surface area contributed by atoms with Crippen molar-refractivity contribution in [3.63, 3.8) is 0 Å². The van der Waals surface area contributed by atoms with E-state index in [1.807, 2.05) is 19.1 Å². The monoisotopic (exact) mass is 441 g/mol. The highest BCUT2D eigenvalue weighted by Gasteiger charge is 2.29. The van der Waals surface area contributed by atoms with Crippen LogP contribution in [0, 0.1) is 18.3 Å². The summed E-state index contributed by atoms with van der Waals surface area (Å²) < 4.78 is 27.4. The van der Waals surface area contributed by atoms with Crippen LogP contribution in [0.5, 0.6) is 0 Å². The molecule has 0 spiro atoms. The predicted molar refractivity (Wildman–Crippen MR) is 119 cm³/mol. The van der Waals surface area contributed by atoms with Gasteiger partial charge in [0.05, 0.1) is 16.5 Å². The molecule has 0 amide bonds. The van der Waals surface area contributed by atoms with E-state index in [9.17, 15) is 8.42 Å². The molecule has 0 radical (unpaired) electrons. The van der Waals surface area contributed by atoms with Crippen LogP contribution in [0.15, 0.2) is 35.2 Å². The first-order valence-electron chi connectivity index (χ1n) is 10.4. The Kier molecular flexibility index (Phi) is 6.09. The number of likely N-dealkylation sites (N-methyl/N-ethyl adjacent to an activating group) is 1. The second kappa shape index (κ2) is 8.78. The summed E-state index contributed by atoms with van der Waals surface area (Å²) in [6.45, 7) is 7.63. The van der Waals surface area contributed by atoms with Gasteiger partial charge in [0.25, 0.3) is 0 Å². The van der Waals surface area contributed by atoms with Gasteiger partial charge in [-0.05, 0) is 38.2 Å². The van der Waals surface area contributed by atoms with Gasteiger partial charge in [-0.25, -0.2) is 13.4 Å². The van der Waals surface area contributed by atoms with E-state index in [1.165, 1.54) is 28.6 Å². The normalized spacial score (nSPS) is 18.7. The van der Waals surface area contributed by atoms with Crippen LogP contribution in [0.4, 0.5) is 11.8 Å². The molecule has 2 aromatic rings. The highest BCUT2D eigenvalue weighted by molar-refractivity contribution is 7.89. The molecule has 10 heteroatoms. The van der Waals surface area contributed by atoms with Crippen LogP contribution in [0.2, 0.25) is 0 Å². The molecule has 31 heavy (non-hydrogen) atoms. The maximum Gasteiger partial charge on any atom is 0.243 e. The molecule has 2 aliphatic rings. The average Bonchev–Trinajstić information content (AvgIpc) is 2.79. The van der Waals surface area contributed by atoms with Crippen molar-refractivity contribution in [2.24, 2.45) is 0 Å². The number of hydrogen-bond donors (Lipinski definition) is 0. The first kappa shape index (κ1) is 21.5. The summed E-state index contributed by atoms with van der Waals surface area (Å²) in [5, 5.41) is 8.92. The van der Waals surface area contributed by atoms with Crippen LogP contribution >= 0.6 is 0 Å². The van der Waals surface area contributed by atoms with Gasteiger partial charge in [-0.2, -0.15) is 14.6 Å². The molecular weight excluding hydrogens is 414 g/mol. The van der Waals surface area contributed by atoms with Crippen LogP contribution in [0.25, 0.3) is 0 Å². The number of aromatic nitrogens is 2. The molecule has 0 saturated carbocycles. The Bertz CT molecular complexity index is 1070. The lowest BCUT2D eigenvalue weighted by molar-refractivity contribution is 0.312. The van der Waals surface area contributed by atoms with Gasteiger partial charge in [-0.3, -0.25) is 0 Å².